The van der Waals surface area contributed by atoms with Crippen LogP contribution in [0.25, 0.3) is 0 Å². The molecule has 0 unspecified atom stereocenters. The molecule has 0 atom stereocenters. The highest BCUT2D eigenvalue weighted by Gasteiger charge is 2.15. The van der Waals surface area contributed by atoms with E-state index in [2.05, 4.69) is 10.3 Å². The van der Waals surface area contributed by atoms with Crippen molar-refractivity contribution in [2.75, 3.05) is 26.0 Å². The number of carbonyl (C=O) groups excluding carboxylic acids is 1. The number of hydrogen-bond donors (Lipinski definition) is 1. The van der Waals surface area contributed by atoms with E-state index < -0.39 is 0 Å². The maximum Gasteiger partial charge on any atom is 0.188 e. The van der Waals surface area contributed by atoms with Crippen LogP contribution in [0.2, 0.25) is 0 Å². The number of aryl methyl sites for hydroxylation is 1. The van der Waals surface area contributed by atoms with Gasteiger partial charge in [-0.2, -0.15) is 10.5 Å². The van der Waals surface area contributed by atoms with Crippen LogP contribution in [0.3, 0.4) is 0 Å². The number of nitrogens with one attached hydrogen (secondary N) is 1. The van der Waals surface area contributed by atoms with Crippen LogP contribution in [-0.2, 0) is 0 Å². The third-order valence-electron chi connectivity index (χ3n) is 2.09. The molecule has 98 valence electrons. The average Bonchev–Trinajstić information content (AvgIpc) is 2.71. The van der Waals surface area contributed by atoms with Gasteiger partial charge in [0.1, 0.15) is 17.7 Å². The average molecular weight is 275 g/mol. The van der Waals surface area contributed by atoms with E-state index >= 15 is 0 Å². The quantitative estimate of drug-likeness (QED) is 0.647. The molecule has 0 bridgehead atoms. The maximum atomic E-state index is 11.9. The van der Waals surface area contributed by atoms with Gasteiger partial charge in [0.05, 0.1) is 17.1 Å². The van der Waals surface area contributed by atoms with Crippen LogP contribution >= 0.6 is 11.3 Å². The first-order valence-corrected chi connectivity index (χ1v) is 6.21. The number of Topliss-reactive ketones (excluding diaryl/α,β-unsaturated/α-hetero) is 1. The summed E-state index contributed by atoms with van der Waals surface area (Å²) in [6.45, 7) is 2.07. The van der Waals surface area contributed by atoms with Gasteiger partial charge in [-0.1, -0.05) is 11.3 Å². The van der Waals surface area contributed by atoms with E-state index in [0.717, 1.165) is 0 Å². The standard InChI is InChI=1S/C12H13N5OS/c1-8-11(10(18)7-17(2)3)19-12(16-8)15-6-9(4-13)5-14/h6H,7H2,1-3H3,(H,15,16). The molecule has 19 heavy (non-hydrogen) atoms. The Morgan fingerprint density at radius 3 is 2.63 bits per heavy atom. The van der Waals surface area contributed by atoms with Crippen LogP contribution in [0, 0.1) is 29.6 Å². The van der Waals surface area contributed by atoms with Crippen molar-refractivity contribution in [2.45, 2.75) is 6.92 Å². The van der Waals surface area contributed by atoms with Gasteiger partial charge < -0.3 is 10.2 Å². The first kappa shape index (κ1) is 14.8. The smallest absolute Gasteiger partial charge is 0.188 e. The Hall–Kier alpha value is -2.22. The number of nitriles is 2. The molecule has 0 aromatic carbocycles. The van der Waals surface area contributed by atoms with Crippen LogP contribution in [-0.4, -0.2) is 36.3 Å². The molecule has 0 aliphatic rings. The summed E-state index contributed by atoms with van der Waals surface area (Å²) < 4.78 is 0. The number of anilines is 1. The van der Waals surface area contributed by atoms with Crippen molar-refractivity contribution < 1.29 is 4.79 Å². The fraction of sp³-hybridized carbons (Fsp3) is 0.333. The Bertz CT molecular complexity index is 572. The molecule has 1 aromatic rings. The van der Waals surface area contributed by atoms with Gasteiger partial charge in [0.15, 0.2) is 10.9 Å². The van der Waals surface area contributed by atoms with Crippen molar-refractivity contribution in [3.05, 3.63) is 22.3 Å². The van der Waals surface area contributed by atoms with Crippen LogP contribution in [0.1, 0.15) is 15.4 Å². The minimum Gasteiger partial charge on any atom is -0.336 e. The highest BCUT2D eigenvalue weighted by molar-refractivity contribution is 7.17. The maximum absolute atomic E-state index is 11.9. The van der Waals surface area contributed by atoms with Crippen molar-refractivity contribution in [2.24, 2.45) is 0 Å². The van der Waals surface area contributed by atoms with Gasteiger partial charge in [0.25, 0.3) is 0 Å². The molecular formula is C12H13N5OS. The molecule has 0 radical (unpaired) electrons. The van der Waals surface area contributed by atoms with Gasteiger partial charge in [-0.15, -0.1) is 0 Å². The fourth-order valence-electron chi connectivity index (χ4n) is 1.30. The third kappa shape index (κ3) is 4.18. The van der Waals surface area contributed by atoms with Crippen molar-refractivity contribution in [1.82, 2.24) is 9.88 Å². The minimum atomic E-state index is -0.0472. The number of carbonyl (C=O) groups is 1. The summed E-state index contributed by atoms with van der Waals surface area (Å²) in [6, 6.07) is 3.47. The van der Waals surface area contributed by atoms with Crippen molar-refractivity contribution in [3.63, 3.8) is 0 Å². The Morgan fingerprint density at radius 2 is 2.11 bits per heavy atom. The number of likely N-dealkylation sites (N-methyl/N-ethyl adjacent to an activating group) is 1. The van der Waals surface area contributed by atoms with Crippen LogP contribution in [0.4, 0.5) is 5.13 Å². The highest BCUT2D eigenvalue weighted by atomic mass is 32.1. The largest absolute Gasteiger partial charge is 0.336 e. The molecule has 0 saturated heterocycles. The third-order valence-corrected chi connectivity index (χ3v) is 3.22. The fourth-order valence-corrected chi connectivity index (χ4v) is 2.16. The zero-order valence-corrected chi connectivity index (χ0v) is 11.7. The molecular weight excluding hydrogens is 262 g/mol. The van der Waals surface area contributed by atoms with Gasteiger partial charge in [0, 0.05) is 6.20 Å². The van der Waals surface area contributed by atoms with Crippen molar-refractivity contribution in [1.29, 1.82) is 10.5 Å². The normalized spacial score (nSPS) is 9.58. The second-order valence-electron chi connectivity index (χ2n) is 4.02. The number of rotatable bonds is 5. The summed E-state index contributed by atoms with van der Waals surface area (Å²) in [5.41, 5.74) is 0.595. The summed E-state index contributed by atoms with van der Waals surface area (Å²) >= 11 is 1.21. The second kappa shape index (κ2) is 6.64. The molecule has 1 heterocycles. The van der Waals surface area contributed by atoms with E-state index in [0.29, 0.717) is 22.2 Å². The molecule has 1 aromatic heterocycles. The molecule has 0 aliphatic carbocycles. The molecule has 0 fully saturated rings. The number of hydrogen-bond acceptors (Lipinski definition) is 7. The highest BCUT2D eigenvalue weighted by Crippen LogP contribution is 2.23. The first-order valence-electron chi connectivity index (χ1n) is 5.40. The Labute approximate surface area is 115 Å². The molecule has 0 spiro atoms. The van der Waals surface area contributed by atoms with Crippen LogP contribution < -0.4 is 5.32 Å². The van der Waals surface area contributed by atoms with Gasteiger partial charge in [0.2, 0.25) is 0 Å². The van der Waals surface area contributed by atoms with Crippen LogP contribution in [0.5, 0.6) is 0 Å². The Morgan fingerprint density at radius 1 is 1.47 bits per heavy atom. The molecule has 0 amide bonds. The molecule has 1 rings (SSSR count). The Kier molecular flexibility index (Phi) is 5.19. The Balaban J connectivity index is 2.86. The van der Waals surface area contributed by atoms with E-state index in [1.165, 1.54) is 17.5 Å². The molecule has 6 nitrogen and oxygen atoms in total. The minimum absolute atomic E-state index is 0.00202. The lowest BCUT2D eigenvalue weighted by Crippen LogP contribution is -2.21. The monoisotopic (exact) mass is 275 g/mol. The molecule has 7 heteroatoms. The zero-order chi connectivity index (χ0) is 14.4. The predicted molar refractivity (Wildman–Crippen MR) is 72.7 cm³/mol. The molecule has 0 saturated carbocycles. The van der Waals surface area contributed by atoms with E-state index in [1.807, 2.05) is 14.1 Å². The summed E-state index contributed by atoms with van der Waals surface area (Å²) in [7, 11) is 3.64. The first-order chi connectivity index (χ1) is 8.97. The lowest BCUT2D eigenvalue weighted by atomic mass is 10.3. The van der Waals surface area contributed by atoms with Gasteiger partial charge in [-0.05, 0) is 21.0 Å². The number of aromatic nitrogens is 1. The van der Waals surface area contributed by atoms with E-state index in [-0.39, 0.29) is 11.4 Å². The predicted octanol–water partition coefficient (Wildman–Crippen LogP) is 1.54. The van der Waals surface area contributed by atoms with E-state index in [4.69, 9.17) is 10.5 Å². The summed E-state index contributed by atoms with van der Waals surface area (Å²) in [5, 5.41) is 20.4. The van der Waals surface area contributed by atoms with Crippen molar-refractivity contribution in [3.8, 4) is 12.1 Å². The van der Waals surface area contributed by atoms with E-state index in [9.17, 15) is 4.79 Å². The van der Waals surface area contributed by atoms with Gasteiger partial charge in [-0.3, -0.25) is 4.79 Å². The number of thiazole rings is 1. The second-order valence-corrected chi connectivity index (χ2v) is 5.02. The van der Waals surface area contributed by atoms with Crippen molar-refractivity contribution >= 4 is 22.3 Å². The topological polar surface area (TPSA) is 92.8 Å². The van der Waals surface area contributed by atoms with Gasteiger partial charge >= 0.3 is 0 Å². The summed E-state index contributed by atoms with van der Waals surface area (Å²) in [6.07, 6.45) is 1.28. The zero-order valence-electron chi connectivity index (χ0n) is 10.9. The lowest BCUT2D eigenvalue weighted by molar-refractivity contribution is 0.0961. The summed E-state index contributed by atoms with van der Waals surface area (Å²) in [4.78, 5) is 18.5. The molecule has 0 aliphatic heterocycles. The number of allylic oxidation sites excluding steroid dienone is 1. The van der Waals surface area contributed by atoms with Crippen LogP contribution in [0.15, 0.2) is 11.8 Å². The lowest BCUT2D eigenvalue weighted by Gasteiger charge is -2.06. The number of ketones is 1. The molecule has 1 N–H and O–H groups in total. The summed E-state index contributed by atoms with van der Waals surface area (Å²) in [5.74, 6) is -0.00202. The SMILES string of the molecule is Cc1nc(NC=C(C#N)C#N)sc1C(=O)CN(C)C. The van der Waals surface area contributed by atoms with Gasteiger partial charge in [-0.25, -0.2) is 4.98 Å². The van der Waals surface area contributed by atoms with E-state index in [1.54, 1.807) is 24.0 Å². The number of nitrogens with zero attached hydrogens (tertiary/aromatic N) is 4.